The quantitative estimate of drug-likeness (QED) is 0.633. The third-order valence-electron chi connectivity index (χ3n) is 1.66. The number of carbonyl (C=O) groups is 1. The molecule has 0 unspecified atom stereocenters. The summed E-state index contributed by atoms with van der Waals surface area (Å²) in [5.41, 5.74) is 5.55. The molecule has 0 saturated heterocycles. The molecule has 4 nitrogen and oxygen atoms in total. The Kier molecular flexibility index (Phi) is 4.68. The summed E-state index contributed by atoms with van der Waals surface area (Å²) >= 11 is -0.0539. The topological polar surface area (TPSA) is 76.1 Å². The van der Waals surface area contributed by atoms with Crippen molar-refractivity contribution in [3.05, 3.63) is 29.8 Å². The zero-order valence-electron chi connectivity index (χ0n) is 7.97. The second kappa shape index (κ2) is 6.07. The number of nitriles is 1. The van der Waals surface area contributed by atoms with Gasteiger partial charge in [0.05, 0.1) is 0 Å². The van der Waals surface area contributed by atoms with Gasteiger partial charge in [-0.3, -0.25) is 0 Å². The van der Waals surface area contributed by atoms with Crippen LogP contribution in [0.5, 0.6) is 5.75 Å². The second-order valence-corrected chi connectivity index (χ2v) is 4.49. The SMILES string of the molecule is N#C[Se]CCOc1ccccc1C(N)=O. The van der Waals surface area contributed by atoms with Crippen molar-refractivity contribution >= 4 is 20.9 Å². The molecule has 2 N–H and O–H groups in total. The molecule has 0 aliphatic heterocycles. The Morgan fingerprint density at radius 3 is 2.93 bits per heavy atom. The van der Waals surface area contributed by atoms with Crippen LogP contribution in [-0.4, -0.2) is 27.5 Å². The van der Waals surface area contributed by atoms with Crippen LogP contribution in [0.25, 0.3) is 0 Å². The van der Waals surface area contributed by atoms with E-state index in [0.29, 0.717) is 23.2 Å². The number of carbonyl (C=O) groups excluding carboxylic acids is 1. The van der Waals surface area contributed by atoms with Crippen molar-refractivity contribution in [2.45, 2.75) is 5.32 Å². The summed E-state index contributed by atoms with van der Waals surface area (Å²) in [6, 6.07) is 6.82. The fraction of sp³-hybridized carbons (Fsp3) is 0.200. The maximum atomic E-state index is 11.0. The van der Waals surface area contributed by atoms with Crippen LogP contribution in [0.2, 0.25) is 5.32 Å². The van der Waals surface area contributed by atoms with E-state index in [2.05, 4.69) is 4.97 Å². The van der Waals surface area contributed by atoms with Crippen LogP contribution in [0, 0.1) is 10.2 Å². The number of para-hydroxylation sites is 1. The molecule has 78 valence electrons. The molecule has 0 fully saturated rings. The van der Waals surface area contributed by atoms with Crippen LogP contribution in [0.3, 0.4) is 0 Å². The number of nitrogens with two attached hydrogens (primary N) is 1. The van der Waals surface area contributed by atoms with Crippen molar-refractivity contribution in [1.82, 2.24) is 0 Å². The Morgan fingerprint density at radius 1 is 1.53 bits per heavy atom. The van der Waals surface area contributed by atoms with Crippen molar-refractivity contribution in [2.75, 3.05) is 6.61 Å². The number of benzene rings is 1. The molecule has 5 heteroatoms. The summed E-state index contributed by atoms with van der Waals surface area (Å²) in [6.07, 6.45) is 0. The molecule has 0 radical (unpaired) electrons. The van der Waals surface area contributed by atoms with Gasteiger partial charge < -0.3 is 0 Å². The molecule has 1 aromatic carbocycles. The fourth-order valence-corrected chi connectivity index (χ4v) is 1.58. The number of amides is 1. The zero-order chi connectivity index (χ0) is 11.1. The number of rotatable bonds is 5. The Labute approximate surface area is 94.2 Å². The third kappa shape index (κ3) is 3.62. The first-order valence-electron chi connectivity index (χ1n) is 4.28. The molecule has 0 saturated carbocycles. The fourth-order valence-electron chi connectivity index (χ4n) is 1.04. The minimum absolute atomic E-state index is 0.0539. The van der Waals surface area contributed by atoms with Gasteiger partial charge in [0.2, 0.25) is 0 Å². The molecule has 0 atom stereocenters. The first-order chi connectivity index (χ1) is 7.25. The monoisotopic (exact) mass is 270 g/mol. The van der Waals surface area contributed by atoms with Crippen molar-refractivity contribution in [3.8, 4) is 10.7 Å². The normalized spacial score (nSPS) is 9.27. The van der Waals surface area contributed by atoms with E-state index in [4.69, 9.17) is 15.7 Å². The van der Waals surface area contributed by atoms with Crippen molar-refractivity contribution in [1.29, 1.82) is 5.26 Å². The van der Waals surface area contributed by atoms with Gasteiger partial charge in [-0.2, -0.15) is 0 Å². The van der Waals surface area contributed by atoms with E-state index < -0.39 is 5.91 Å². The molecule has 0 bridgehead atoms. The Hall–Kier alpha value is -1.50. The first-order valence-corrected chi connectivity index (χ1v) is 6.35. The average Bonchev–Trinajstić information content (AvgIpc) is 2.25. The Balaban J connectivity index is 2.60. The number of primary amides is 1. The van der Waals surface area contributed by atoms with Crippen LogP contribution in [0.4, 0.5) is 0 Å². The summed E-state index contributed by atoms with van der Waals surface area (Å²) < 4.78 is 5.36. The molecule has 1 aromatic rings. The van der Waals surface area contributed by atoms with E-state index in [9.17, 15) is 4.79 Å². The summed E-state index contributed by atoms with van der Waals surface area (Å²) in [5, 5.41) is 9.06. The maximum absolute atomic E-state index is 11.0. The van der Waals surface area contributed by atoms with Crippen molar-refractivity contribution in [3.63, 3.8) is 0 Å². The second-order valence-electron chi connectivity index (χ2n) is 2.65. The molecular weight excluding hydrogens is 259 g/mol. The Morgan fingerprint density at radius 2 is 2.27 bits per heavy atom. The van der Waals surface area contributed by atoms with Crippen LogP contribution in [0.1, 0.15) is 10.4 Å². The summed E-state index contributed by atoms with van der Waals surface area (Å²) in [4.78, 5) is 13.1. The molecule has 0 aliphatic carbocycles. The number of nitrogens with zero attached hydrogens (tertiary/aromatic N) is 1. The van der Waals surface area contributed by atoms with Gasteiger partial charge in [0.25, 0.3) is 0 Å². The number of ether oxygens (including phenoxy) is 1. The van der Waals surface area contributed by atoms with Gasteiger partial charge in [0.1, 0.15) is 0 Å². The Bertz CT molecular complexity index is 387. The summed E-state index contributed by atoms with van der Waals surface area (Å²) in [6.45, 7) is 0.442. The molecule has 1 rings (SSSR count). The van der Waals surface area contributed by atoms with Crippen LogP contribution < -0.4 is 10.5 Å². The van der Waals surface area contributed by atoms with Gasteiger partial charge in [0.15, 0.2) is 0 Å². The van der Waals surface area contributed by atoms with E-state index in [1.807, 2.05) is 0 Å². The van der Waals surface area contributed by atoms with Gasteiger partial charge in [-0.1, -0.05) is 0 Å². The van der Waals surface area contributed by atoms with Gasteiger partial charge in [-0.25, -0.2) is 0 Å². The van der Waals surface area contributed by atoms with Gasteiger partial charge >= 0.3 is 93.9 Å². The molecule has 0 heterocycles. The summed E-state index contributed by atoms with van der Waals surface area (Å²) in [7, 11) is 0. The molecule has 0 aliphatic rings. The molecule has 1 amide bonds. The van der Waals surface area contributed by atoms with Crippen LogP contribution >= 0.6 is 0 Å². The van der Waals surface area contributed by atoms with Crippen LogP contribution in [-0.2, 0) is 0 Å². The third-order valence-corrected chi connectivity index (χ3v) is 2.71. The van der Waals surface area contributed by atoms with Gasteiger partial charge in [0, 0.05) is 0 Å². The van der Waals surface area contributed by atoms with Gasteiger partial charge in [-0.15, -0.1) is 0 Å². The molecule has 0 aromatic heterocycles. The minimum atomic E-state index is -0.503. The first kappa shape index (κ1) is 11.6. The van der Waals surface area contributed by atoms with Crippen molar-refractivity contribution < 1.29 is 9.53 Å². The number of hydrogen-bond acceptors (Lipinski definition) is 3. The molecular formula is C10H10N2O2Se. The summed E-state index contributed by atoms with van der Waals surface area (Å²) in [5.74, 6) is -0.0184. The van der Waals surface area contributed by atoms with Crippen LogP contribution in [0.15, 0.2) is 24.3 Å². The standard InChI is InChI=1S/C10H10N2O2Se/c11-7-15-6-5-14-9-4-2-1-3-8(9)10(12)13/h1-4H,5-6H2,(H2,12,13). The number of hydrogen-bond donors (Lipinski definition) is 1. The predicted molar refractivity (Wildman–Crippen MR) is 56.6 cm³/mol. The average molecular weight is 269 g/mol. The van der Waals surface area contributed by atoms with E-state index >= 15 is 0 Å². The molecule has 15 heavy (non-hydrogen) atoms. The van der Waals surface area contributed by atoms with E-state index in [1.165, 1.54) is 0 Å². The van der Waals surface area contributed by atoms with E-state index in [0.717, 1.165) is 0 Å². The molecule has 0 spiro atoms. The zero-order valence-corrected chi connectivity index (χ0v) is 9.69. The van der Waals surface area contributed by atoms with E-state index in [-0.39, 0.29) is 15.0 Å². The predicted octanol–water partition coefficient (Wildman–Crippen LogP) is 0.768. The van der Waals surface area contributed by atoms with Crippen molar-refractivity contribution in [2.24, 2.45) is 5.73 Å². The van der Waals surface area contributed by atoms with Gasteiger partial charge in [-0.05, 0) is 0 Å². The van der Waals surface area contributed by atoms with E-state index in [1.54, 1.807) is 24.3 Å².